The predicted molar refractivity (Wildman–Crippen MR) is 96.0 cm³/mol. The molecule has 0 spiro atoms. The summed E-state index contributed by atoms with van der Waals surface area (Å²) in [6.07, 6.45) is 1.44. The Bertz CT molecular complexity index is 999. The summed E-state index contributed by atoms with van der Waals surface area (Å²) in [5.41, 5.74) is 1.72. The Morgan fingerprint density at radius 2 is 2.00 bits per heavy atom. The number of methoxy groups -OCH3 is 2. The molecule has 0 radical (unpaired) electrons. The Balaban J connectivity index is 2.25. The van der Waals surface area contributed by atoms with Gasteiger partial charge in [-0.05, 0) is 30.3 Å². The van der Waals surface area contributed by atoms with E-state index in [1.54, 1.807) is 24.3 Å². The Morgan fingerprint density at radius 3 is 2.68 bits per heavy atom. The fourth-order valence-corrected chi connectivity index (χ4v) is 2.71. The van der Waals surface area contributed by atoms with Gasteiger partial charge in [0, 0.05) is 16.6 Å². The Kier molecular flexibility index (Phi) is 4.50. The predicted octanol–water partition coefficient (Wildman–Crippen LogP) is 4.23. The first-order valence-corrected chi connectivity index (χ1v) is 7.66. The second-order valence-corrected chi connectivity index (χ2v) is 5.58. The molecule has 0 saturated heterocycles. The van der Waals surface area contributed by atoms with Crippen molar-refractivity contribution in [1.82, 2.24) is 4.98 Å². The second-order valence-electron chi connectivity index (χ2n) is 5.14. The molecular weight excluding hydrogens is 342 g/mol. The number of benzene rings is 2. The largest absolute Gasteiger partial charge is 0.506 e. The van der Waals surface area contributed by atoms with Crippen molar-refractivity contribution in [2.24, 2.45) is 0 Å². The van der Waals surface area contributed by atoms with E-state index in [-0.39, 0.29) is 5.75 Å². The number of phenolic OH excluding ortho intramolecular Hbond substituents is 1. The second kappa shape index (κ2) is 6.75. The average Bonchev–Trinajstić information content (AvgIpc) is 2.63. The molecule has 0 fully saturated rings. The third-order valence-corrected chi connectivity index (χ3v) is 3.95. The summed E-state index contributed by atoms with van der Waals surface area (Å²) in [5.74, 6) is 1.00. The first-order valence-electron chi connectivity index (χ1n) is 7.28. The number of anilines is 2. The number of nitriles is 1. The lowest BCUT2D eigenvalue weighted by atomic mass is 10.1. The number of pyridine rings is 1. The van der Waals surface area contributed by atoms with Crippen LogP contribution in [0.3, 0.4) is 0 Å². The molecule has 2 N–H and O–H groups in total. The van der Waals surface area contributed by atoms with Crippen LogP contribution in [0, 0.1) is 11.3 Å². The molecule has 126 valence electrons. The molecule has 7 heteroatoms. The Labute approximate surface area is 149 Å². The van der Waals surface area contributed by atoms with Gasteiger partial charge in [-0.2, -0.15) is 5.26 Å². The molecule has 0 unspecified atom stereocenters. The molecule has 25 heavy (non-hydrogen) atoms. The standard InChI is InChI=1S/C18H14ClN3O3/c1-24-15-6-4-12-16(22-13-7-11(19)3-5-14(13)23)10(8-20)9-21-17(12)18(15)25-2/h3-7,9,23H,1-2H3,(H,21,22). The number of ether oxygens (including phenoxy) is 2. The molecule has 6 nitrogen and oxygen atoms in total. The van der Waals surface area contributed by atoms with Crippen molar-refractivity contribution in [3.63, 3.8) is 0 Å². The zero-order valence-corrected chi connectivity index (χ0v) is 14.3. The smallest absolute Gasteiger partial charge is 0.187 e. The van der Waals surface area contributed by atoms with Crippen LogP contribution in [0.5, 0.6) is 17.2 Å². The summed E-state index contributed by atoms with van der Waals surface area (Å²) in [6.45, 7) is 0. The van der Waals surface area contributed by atoms with Crippen molar-refractivity contribution in [3.8, 4) is 23.3 Å². The molecule has 0 aliphatic heterocycles. The van der Waals surface area contributed by atoms with Crippen LogP contribution in [0.15, 0.2) is 36.5 Å². The summed E-state index contributed by atoms with van der Waals surface area (Å²) in [7, 11) is 3.06. The van der Waals surface area contributed by atoms with E-state index < -0.39 is 0 Å². The van der Waals surface area contributed by atoms with Crippen molar-refractivity contribution in [1.29, 1.82) is 5.26 Å². The SMILES string of the molecule is COc1ccc2c(Nc3cc(Cl)ccc3O)c(C#N)cnc2c1OC. The van der Waals surface area contributed by atoms with Crippen molar-refractivity contribution >= 4 is 33.9 Å². The zero-order valence-electron chi connectivity index (χ0n) is 13.5. The summed E-state index contributed by atoms with van der Waals surface area (Å²) < 4.78 is 10.7. The number of aromatic hydroxyl groups is 1. The number of nitrogens with zero attached hydrogens (tertiary/aromatic N) is 2. The highest BCUT2D eigenvalue weighted by Gasteiger charge is 2.17. The molecule has 1 aromatic heterocycles. The van der Waals surface area contributed by atoms with Gasteiger partial charge in [-0.1, -0.05) is 11.6 Å². The number of hydrogen-bond donors (Lipinski definition) is 2. The molecule has 0 amide bonds. The first-order chi connectivity index (χ1) is 12.1. The monoisotopic (exact) mass is 355 g/mol. The summed E-state index contributed by atoms with van der Waals surface area (Å²) in [6, 6.07) is 10.2. The highest BCUT2D eigenvalue weighted by molar-refractivity contribution is 6.31. The topological polar surface area (TPSA) is 87.4 Å². The van der Waals surface area contributed by atoms with Crippen molar-refractivity contribution in [3.05, 3.63) is 47.1 Å². The van der Waals surface area contributed by atoms with E-state index in [0.717, 1.165) is 0 Å². The van der Waals surface area contributed by atoms with Crippen LogP contribution in [-0.2, 0) is 0 Å². The van der Waals surface area contributed by atoms with Gasteiger partial charge in [0.2, 0.25) is 0 Å². The van der Waals surface area contributed by atoms with E-state index in [4.69, 9.17) is 21.1 Å². The highest BCUT2D eigenvalue weighted by Crippen LogP contribution is 2.40. The van der Waals surface area contributed by atoms with Gasteiger partial charge >= 0.3 is 0 Å². The van der Waals surface area contributed by atoms with Gasteiger partial charge in [0.25, 0.3) is 0 Å². The van der Waals surface area contributed by atoms with Crippen molar-refractivity contribution in [2.45, 2.75) is 0 Å². The number of hydrogen-bond acceptors (Lipinski definition) is 6. The van der Waals surface area contributed by atoms with Gasteiger partial charge < -0.3 is 19.9 Å². The number of aromatic nitrogens is 1. The van der Waals surface area contributed by atoms with Crippen molar-refractivity contribution in [2.75, 3.05) is 19.5 Å². The molecule has 0 saturated carbocycles. The van der Waals surface area contributed by atoms with Crippen LogP contribution >= 0.6 is 11.6 Å². The Morgan fingerprint density at radius 1 is 1.20 bits per heavy atom. The lowest BCUT2D eigenvalue weighted by Gasteiger charge is -2.15. The number of halogens is 1. The molecule has 2 aromatic carbocycles. The summed E-state index contributed by atoms with van der Waals surface area (Å²) in [5, 5.41) is 23.7. The van der Waals surface area contributed by atoms with Gasteiger partial charge in [0.05, 0.1) is 31.2 Å². The minimum absolute atomic E-state index is 0.0127. The van der Waals surface area contributed by atoms with Gasteiger partial charge in [-0.3, -0.25) is 4.98 Å². The number of nitrogens with one attached hydrogen (secondary N) is 1. The summed E-state index contributed by atoms with van der Waals surface area (Å²) >= 11 is 6.00. The van der Waals surface area contributed by atoms with E-state index in [2.05, 4.69) is 16.4 Å². The van der Waals surface area contributed by atoms with Crippen LogP contribution in [0.4, 0.5) is 11.4 Å². The molecule has 0 atom stereocenters. The number of phenols is 1. The highest BCUT2D eigenvalue weighted by atomic mass is 35.5. The number of rotatable bonds is 4. The van der Waals surface area contributed by atoms with Gasteiger partial charge in [-0.15, -0.1) is 0 Å². The fourth-order valence-electron chi connectivity index (χ4n) is 2.54. The Hall–Kier alpha value is -3.17. The van der Waals surface area contributed by atoms with Gasteiger partial charge in [0.1, 0.15) is 17.3 Å². The maximum absolute atomic E-state index is 10.1. The van der Waals surface area contributed by atoms with Crippen LogP contribution < -0.4 is 14.8 Å². The lowest BCUT2D eigenvalue weighted by molar-refractivity contribution is 0.358. The van der Waals surface area contributed by atoms with Crippen LogP contribution in [0.25, 0.3) is 10.9 Å². The van der Waals surface area contributed by atoms with E-state index in [1.165, 1.54) is 26.5 Å². The molecule has 3 aromatic rings. The van der Waals surface area contributed by atoms with Crippen molar-refractivity contribution < 1.29 is 14.6 Å². The molecular formula is C18H14ClN3O3. The molecule has 1 heterocycles. The van der Waals surface area contributed by atoms with Gasteiger partial charge in [-0.25, -0.2) is 0 Å². The van der Waals surface area contributed by atoms with Crippen LogP contribution in [0.2, 0.25) is 5.02 Å². The zero-order chi connectivity index (χ0) is 18.0. The van der Waals surface area contributed by atoms with E-state index >= 15 is 0 Å². The third kappa shape index (κ3) is 2.97. The average molecular weight is 356 g/mol. The molecule has 0 aliphatic rings. The maximum Gasteiger partial charge on any atom is 0.187 e. The minimum atomic E-state index is 0.0127. The van der Waals surface area contributed by atoms with Gasteiger partial charge in [0.15, 0.2) is 11.5 Å². The number of fused-ring (bicyclic) bond motifs is 1. The fraction of sp³-hybridized carbons (Fsp3) is 0.111. The van der Waals surface area contributed by atoms with E-state index in [9.17, 15) is 10.4 Å². The first kappa shape index (κ1) is 16.7. The molecule has 0 bridgehead atoms. The quantitative estimate of drug-likeness (QED) is 0.681. The lowest BCUT2D eigenvalue weighted by Crippen LogP contribution is -1.99. The minimum Gasteiger partial charge on any atom is -0.506 e. The molecule has 3 rings (SSSR count). The third-order valence-electron chi connectivity index (χ3n) is 3.72. The molecule has 0 aliphatic carbocycles. The normalized spacial score (nSPS) is 10.3. The van der Waals surface area contributed by atoms with E-state index in [0.29, 0.717) is 44.4 Å². The van der Waals surface area contributed by atoms with E-state index in [1.807, 2.05) is 0 Å². The van der Waals surface area contributed by atoms with Crippen LogP contribution in [-0.4, -0.2) is 24.3 Å². The summed E-state index contributed by atoms with van der Waals surface area (Å²) in [4.78, 5) is 4.32. The maximum atomic E-state index is 10.1. The van der Waals surface area contributed by atoms with Crippen LogP contribution in [0.1, 0.15) is 5.56 Å².